The smallest absolute Gasteiger partial charge is 0.409 e. The molecule has 0 unspecified atom stereocenters. The third-order valence-electron chi connectivity index (χ3n) is 1.38. The molecule has 0 saturated heterocycles. The molecule has 0 aliphatic rings. The molecule has 0 saturated carbocycles. The summed E-state index contributed by atoms with van der Waals surface area (Å²) in [5.41, 5.74) is -1.26. The topological polar surface area (TPSA) is 44.8 Å². The third kappa shape index (κ3) is 8.51. The van der Waals surface area contributed by atoms with E-state index >= 15 is 0 Å². The Morgan fingerprint density at radius 2 is 1.44 bits per heavy atom. The monoisotopic (exact) mass is 276 g/mol. The van der Waals surface area contributed by atoms with E-state index in [1.165, 1.54) is 0 Å². The molecule has 0 spiro atoms. The fourth-order valence-corrected chi connectivity index (χ4v) is 2.97. The Labute approximate surface area is 111 Å². The third-order valence-corrected chi connectivity index (χ3v) is 3.43. The first-order valence-electron chi connectivity index (χ1n) is 5.87. The summed E-state index contributed by atoms with van der Waals surface area (Å²) in [5.74, 6) is 0.432. The van der Waals surface area contributed by atoms with Gasteiger partial charge in [0.1, 0.15) is 5.76 Å². The molecule has 0 heterocycles. The van der Waals surface area contributed by atoms with Crippen LogP contribution in [0.4, 0.5) is 0 Å². The van der Waals surface area contributed by atoms with Gasteiger partial charge in [-0.1, -0.05) is 12.7 Å². The van der Waals surface area contributed by atoms with Gasteiger partial charge in [0.05, 0.1) is 11.2 Å². The van der Waals surface area contributed by atoms with Crippen LogP contribution in [0.1, 0.15) is 48.5 Å². The van der Waals surface area contributed by atoms with Crippen LogP contribution in [-0.2, 0) is 18.1 Å². The summed E-state index contributed by atoms with van der Waals surface area (Å²) in [4.78, 5) is 0. The summed E-state index contributed by atoms with van der Waals surface area (Å²) < 4.78 is 28.8. The number of hydrogen-bond donors (Lipinski definition) is 0. The van der Waals surface area contributed by atoms with Gasteiger partial charge in [0.15, 0.2) is 0 Å². The van der Waals surface area contributed by atoms with E-state index in [0.717, 1.165) is 0 Å². The fourth-order valence-electron chi connectivity index (χ4n) is 1.10. The maximum Gasteiger partial charge on any atom is 0.530 e. The van der Waals surface area contributed by atoms with Crippen molar-refractivity contribution < 1.29 is 18.1 Å². The van der Waals surface area contributed by atoms with Crippen LogP contribution in [0.25, 0.3) is 0 Å². The lowest BCUT2D eigenvalue weighted by Crippen LogP contribution is -2.24. The lowest BCUT2D eigenvalue weighted by Gasteiger charge is -2.30. The normalized spacial score (nSPS) is 14.5. The Bertz CT molecular complexity index is 338. The lowest BCUT2D eigenvalue weighted by atomic mass is 10.2. The van der Waals surface area contributed by atoms with Crippen molar-refractivity contribution >= 4 is 7.82 Å². The number of phosphoric acid groups is 1. The van der Waals surface area contributed by atoms with Crippen molar-refractivity contribution in [1.29, 1.82) is 0 Å². The van der Waals surface area contributed by atoms with Gasteiger partial charge < -0.3 is 4.52 Å². The van der Waals surface area contributed by atoms with Crippen molar-refractivity contribution in [3.05, 3.63) is 24.5 Å². The molecule has 0 N–H and O–H groups in total. The molecule has 0 bridgehead atoms. The van der Waals surface area contributed by atoms with Crippen LogP contribution in [0.15, 0.2) is 24.5 Å². The summed E-state index contributed by atoms with van der Waals surface area (Å²) >= 11 is 0. The molecule has 0 aliphatic heterocycles. The van der Waals surface area contributed by atoms with Crippen LogP contribution < -0.4 is 0 Å². The van der Waals surface area contributed by atoms with E-state index in [1.54, 1.807) is 60.6 Å². The highest BCUT2D eigenvalue weighted by atomic mass is 31.2. The van der Waals surface area contributed by atoms with Crippen LogP contribution in [0, 0.1) is 0 Å². The summed E-state index contributed by atoms with van der Waals surface area (Å²) in [6.45, 7) is 16.0. The fraction of sp³-hybridized carbons (Fsp3) is 0.692. The minimum atomic E-state index is -3.66. The van der Waals surface area contributed by atoms with E-state index in [4.69, 9.17) is 13.6 Å². The number of rotatable bonds is 5. The van der Waals surface area contributed by atoms with E-state index in [9.17, 15) is 4.57 Å². The predicted octanol–water partition coefficient (Wildman–Crippen LogP) is 4.83. The molecule has 5 heteroatoms. The second-order valence-corrected chi connectivity index (χ2v) is 7.40. The van der Waals surface area contributed by atoms with Crippen LogP contribution in [0.5, 0.6) is 0 Å². The summed E-state index contributed by atoms with van der Waals surface area (Å²) in [7, 11) is -3.66. The van der Waals surface area contributed by atoms with Crippen molar-refractivity contribution in [2.75, 3.05) is 0 Å². The highest BCUT2D eigenvalue weighted by molar-refractivity contribution is 7.48. The first-order chi connectivity index (χ1) is 7.87. The SMILES string of the molecule is C=CC=C(C)OP(=O)(OC(C)(C)C)OC(C)(C)C. The van der Waals surface area contributed by atoms with Gasteiger partial charge in [0, 0.05) is 0 Å². The molecule has 0 fully saturated rings. The molecular weight excluding hydrogens is 251 g/mol. The van der Waals surface area contributed by atoms with Crippen molar-refractivity contribution in [2.45, 2.75) is 59.7 Å². The highest BCUT2D eigenvalue weighted by Crippen LogP contribution is 2.56. The van der Waals surface area contributed by atoms with E-state index in [-0.39, 0.29) is 0 Å². The summed E-state index contributed by atoms with van der Waals surface area (Å²) in [5, 5.41) is 0. The van der Waals surface area contributed by atoms with E-state index in [1.807, 2.05) is 0 Å². The average molecular weight is 276 g/mol. The van der Waals surface area contributed by atoms with Gasteiger partial charge in [-0.2, -0.15) is 0 Å². The number of hydrogen-bond acceptors (Lipinski definition) is 4. The van der Waals surface area contributed by atoms with Gasteiger partial charge in [0.2, 0.25) is 0 Å². The first kappa shape index (κ1) is 17.4. The molecule has 18 heavy (non-hydrogen) atoms. The van der Waals surface area contributed by atoms with Crippen molar-refractivity contribution in [3.63, 3.8) is 0 Å². The molecule has 4 nitrogen and oxygen atoms in total. The summed E-state index contributed by atoms with van der Waals surface area (Å²) in [6, 6.07) is 0. The molecule has 0 amide bonds. The number of allylic oxidation sites excluding steroid dienone is 3. The minimum Gasteiger partial charge on any atom is -0.409 e. The Kier molecular flexibility index (Phi) is 5.86. The molecule has 0 aromatic heterocycles. The van der Waals surface area contributed by atoms with Crippen LogP contribution in [-0.4, -0.2) is 11.2 Å². The van der Waals surface area contributed by atoms with E-state index in [0.29, 0.717) is 5.76 Å². The molecule has 0 aromatic carbocycles. The zero-order valence-corrected chi connectivity index (χ0v) is 13.3. The Hall–Kier alpha value is -0.570. The Balaban J connectivity index is 5.10. The molecule has 0 aromatic rings. The second kappa shape index (κ2) is 6.05. The maximum atomic E-state index is 12.6. The predicted molar refractivity (Wildman–Crippen MR) is 74.3 cm³/mol. The largest absolute Gasteiger partial charge is 0.530 e. The average Bonchev–Trinajstić information content (AvgIpc) is 1.93. The number of phosphoric ester groups is 1. The summed E-state index contributed by atoms with van der Waals surface area (Å²) in [6.07, 6.45) is 3.15. The standard InChI is InChI=1S/C13H25O4P/c1-9-10-11(2)15-18(14,16-12(3,4)5)17-13(6,7)8/h9-10H,1H2,2-8H3. The van der Waals surface area contributed by atoms with Crippen molar-refractivity contribution in [1.82, 2.24) is 0 Å². The Morgan fingerprint density at radius 3 is 1.72 bits per heavy atom. The van der Waals surface area contributed by atoms with Gasteiger partial charge in [-0.25, -0.2) is 4.57 Å². The van der Waals surface area contributed by atoms with Gasteiger partial charge >= 0.3 is 7.82 Å². The van der Waals surface area contributed by atoms with Crippen LogP contribution >= 0.6 is 7.82 Å². The molecule has 0 atom stereocenters. The molecule has 0 aliphatic carbocycles. The quantitative estimate of drug-likeness (QED) is 0.410. The molecule has 106 valence electrons. The van der Waals surface area contributed by atoms with E-state index < -0.39 is 19.0 Å². The molecular formula is C13H25O4P. The van der Waals surface area contributed by atoms with E-state index in [2.05, 4.69) is 6.58 Å². The zero-order chi connectivity index (χ0) is 14.6. The minimum absolute atomic E-state index is 0.432. The van der Waals surface area contributed by atoms with Gasteiger partial charge in [-0.3, -0.25) is 9.05 Å². The highest BCUT2D eigenvalue weighted by Gasteiger charge is 2.38. The van der Waals surface area contributed by atoms with Gasteiger partial charge in [-0.05, 0) is 54.5 Å². The van der Waals surface area contributed by atoms with Crippen LogP contribution in [0.2, 0.25) is 0 Å². The van der Waals surface area contributed by atoms with Gasteiger partial charge in [-0.15, -0.1) is 0 Å². The van der Waals surface area contributed by atoms with Crippen molar-refractivity contribution in [3.8, 4) is 0 Å². The Morgan fingerprint density at radius 1 is 1.06 bits per heavy atom. The zero-order valence-electron chi connectivity index (χ0n) is 12.4. The lowest BCUT2D eigenvalue weighted by molar-refractivity contribution is 0.0130. The van der Waals surface area contributed by atoms with Crippen LogP contribution in [0.3, 0.4) is 0 Å². The van der Waals surface area contributed by atoms with Gasteiger partial charge in [0.25, 0.3) is 0 Å². The molecule has 0 rings (SSSR count). The maximum absolute atomic E-state index is 12.6. The molecule has 0 radical (unpaired) electrons. The van der Waals surface area contributed by atoms with Crippen molar-refractivity contribution in [2.24, 2.45) is 0 Å². The second-order valence-electron chi connectivity index (χ2n) is 5.96. The first-order valence-corrected chi connectivity index (χ1v) is 7.33.